The van der Waals surface area contributed by atoms with Crippen LogP contribution in [0, 0.1) is 0 Å². The first kappa shape index (κ1) is 18.1. The average molecular weight is 385 g/mol. The van der Waals surface area contributed by atoms with Gasteiger partial charge in [-0.25, -0.2) is 13.1 Å². The van der Waals surface area contributed by atoms with Crippen molar-refractivity contribution in [1.29, 1.82) is 0 Å². The van der Waals surface area contributed by atoms with Crippen molar-refractivity contribution in [3.05, 3.63) is 53.3 Å². The number of aryl methyl sites for hydroxylation is 1. The molecule has 142 valence electrons. The molecule has 2 heterocycles. The highest BCUT2D eigenvalue weighted by Crippen LogP contribution is 2.36. The van der Waals surface area contributed by atoms with Crippen molar-refractivity contribution in [3.63, 3.8) is 0 Å². The fraction of sp³-hybridized carbons (Fsp3) is 0.400. The molecule has 0 bridgehead atoms. The van der Waals surface area contributed by atoms with Gasteiger partial charge < -0.3 is 4.90 Å². The van der Waals surface area contributed by atoms with Crippen LogP contribution in [0.15, 0.2) is 41.4 Å². The summed E-state index contributed by atoms with van der Waals surface area (Å²) in [6, 6.07) is 9.01. The number of hydrogen-bond donors (Lipinski definition) is 1. The number of carbonyl (C=O) groups is 1. The molecule has 2 aliphatic rings. The predicted octanol–water partition coefficient (Wildman–Crippen LogP) is 2.39. The van der Waals surface area contributed by atoms with E-state index >= 15 is 0 Å². The lowest BCUT2D eigenvalue weighted by atomic mass is 9.85. The van der Waals surface area contributed by atoms with Crippen LogP contribution in [0.3, 0.4) is 0 Å². The van der Waals surface area contributed by atoms with E-state index in [1.54, 1.807) is 30.2 Å². The number of carbonyl (C=O) groups excluding carboxylic acids is 1. The van der Waals surface area contributed by atoms with Gasteiger partial charge in [0.25, 0.3) is 0 Å². The van der Waals surface area contributed by atoms with Gasteiger partial charge in [-0.15, -0.1) is 0 Å². The van der Waals surface area contributed by atoms with E-state index in [1.165, 1.54) is 0 Å². The maximum atomic E-state index is 13.3. The van der Waals surface area contributed by atoms with Gasteiger partial charge >= 0.3 is 0 Å². The number of anilines is 1. The maximum absolute atomic E-state index is 13.3. The summed E-state index contributed by atoms with van der Waals surface area (Å²) in [5.41, 5.74) is 3.74. The lowest BCUT2D eigenvalue weighted by molar-refractivity contribution is -0.120. The van der Waals surface area contributed by atoms with E-state index in [4.69, 9.17) is 0 Å². The Hall–Kier alpha value is -2.25. The summed E-state index contributed by atoms with van der Waals surface area (Å²) < 4.78 is 27.2. The molecule has 1 aliphatic carbocycles. The largest absolute Gasteiger partial charge is 0.311 e. The van der Waals surface area contributed by atoms with Crippen molar-refractivity contribution in [2.45, 2.75) is 43.4 Å². The molecule has 0 radical (unpaired) electrons. The highest BCUT2D eigenvalue weighted by Gasteiger charge is 2.35. The first-order chi connectivity index (χ1) is 13.0. The molecule has 1 unspecified atom stereocenters. The molecule has 27 heavy (non-hydrogen) atoms. The van der Waals surface area contributed by atoms with Gasteiger partial charge in [0.15, 0.2) is 0 Å². The van der Waals surface area contributed by atoms with E-state index in [-0.39, 0.29) is 16.7 Å². The van der Waals surface area contributed by atoms with E-state index in [0.29, 0.717) is 18.8 Å². The molecule has 4 rings (SSSR count). The summed E-state index contributed by atoms with van der Waals surface area (Å²) in [5.74, 6) is -0.235. The second-order valence-electron chi connectivity index (χ2n) is 7.02. The highest BCUT2D eigenvalue weighted by atomic mass is 32.2. The normalized spacial score (nSPS) is 18.9. The molecule has 6 nitrogen and oxygen atoms in total. The molecule has 0 saturated heterocycles. The molecule has 1 aromatic heterocycles. The van der Waals surface area contributed by atoms with Crippen LogP contribution in [-0.2, 0) is 27.7 Å². The molecule has 1 aliphatic heterocycles. The highest BCUT2D eigenvalue weighted by molar-refractivity contribution is 7.89. The fourth-order valence-electron chi connectivity index (χ4n) is 4.07. The van der Waals surface area contributed by atoms with Crippen molar-refractivity contribution in [2.75, 3.05) is 18.0 Å². The summed E-state index contributed by atoms with van der Waals surface area (Å²) in [7, 11) is -3.55. The van der Waals surface area contributed by atoms with E-state index < -0.39 is 10.0 Å². The van der Waals surface area contributed by atoms with Crippen LogP contribution in [0.2, 0.25) is 0 Å². The van der Waals surface area contributed by atoms with Crippen LogP contribution in [0.4, 0.5) is 5.69 Å². The number of hydrogen-bond acceptors (Lipinski definition) is 4. The summed E-state index contributed by atoms with van der Waals surface area (Å²) in [4.78, 5) is 19.8. The van der Waals surface area contributed by atoms with Gasteiger partial charge in [-0.05, 0) is 55.0 Å². The zero-order chi connectivity index (χ0) is 19.0. The first-order valence-corrected chi connectivity index (χ1v) is 10.9. The summed E-state index contributed by atoms with van der Waals surface area (Å²) in [6.07, 6.45) is 5.18. The Bertz CT molecular complexity index is 988. The van der Waals surface area contributed by atoms with Crippen LogP contribution in [0.5, 0.6) is 0 Å². The molecule has 0 fully saturated rings. The minimum absolute atomic E-state index is 0.0198. The number of nitrogens with zero attached hydrogens (tertiary/aromatic N) is 2. The molecule has 0 spiro atoms. The predicted molar refractivity (Wildman–Crippen MR) is 103 cm³/mol. The Labute approximate surface area is 159 Å². The van der Waals surface area contributed by atoms with E-state index in [1.807, 2.05) is 18.2 Å². The third kappa shape index (κ3) is 3.26. The number of sulfonamides is 1. The number of pyridine rings is 1. The third-order valence-corrected chi connectivity index (χ3v) is 6.90. The molecule has 1 amide bonds. The van der Waals surface area contributed by atoms with Crippen molar-refractivity contribution >= 4 is 21.6 Å². The van der Waals surface area contributed by atoms with E-state index in [9.17, 15) is 13.2 Å². The molecule has 1 aromatic carbocycles. The van der Waals surface area contributed by atoms with Crippen molar-refractivity contribution in [2.24, 2.45) is 0 Å². The van der Waals surface area contributed by atoms with Gasteiger partial charge in [0, 0.05) is 25.0 Å². The monoisotopic (exact) mass is 385 g/mol. The Morgan fingerprint density at radius 3 is 2.93 bits per heavy atom. The van der Waals surface area contributed by atoms with E-state index in [0.717, 1.165) is 42.5 Å². The molecule has 0 saturated carbocycles. The zero-order valence-electron chi connectivity index (χ0n) is 15.3. The Morgan fingerprint density at radius 1 is 1.26 bits per heavy atom. The van der Waals surface area contributed by atoms with Gasteiger partial charge in [0.1, 0.15) is 0 Å². The minimum Gasteiger partial charge on any atom is -0.311 e. The van der Waals surface area contributed by atoms with Gasteiger partial charge in [0.2, 0.25) is 15.9 Å². The number of aromatic nitrogens is 1. The number of benzene rings is 1. The second-order valence-corrected chi connectivity index (χ2v) is 8.79. The Morgan fingerprint density at radius 2 is 2.11 bits per heavy atom. The van der Waals surface area contributed by atoms with Gasteiger partial charge in [-0.2, -0.15) is 0 Å². The van der Waals surface area contributed by atoms with Gasteiger partial charge in [-0.1, -0.05) is 19.1 Å². The number of fused-ring (bicyclic) bond motifs is 2. The lowest BCUT2D eigenvalue weighted by Gasteiger charge is -2.28. The Kier molecular flexibility index (Phi) is 4.74. The SMILES string of the molecule is CCNS(=O)(=O)c1ccc2c(c1)N(C(=O)C1CCCc3cccnc31)CC2. The molecular formula is C20H23N3O3S. The topological polar surface area (TPSA) is 79.4 Å². The Balaban J connectivity index is 1.68. The lowest BCUT2D eigenvalue weighted by Crippen LogP contribution is -2.35. The summed E-state index contributed by atoms with van der Waals surface area (Å²) in [5, 5.41) is 0. The second kappa shape index (κ2) is 7.05. The van der Waals surface area contributed by atoms with E-state index in [2.05, 4.69) is 9.71 Å². The quantitative estimate of drug-likeness (QED) is 0.876. The summed E-state index contributed by atoms with van der Waals surface area (Å²) in [6.45, 7) is 2.65. The standard InChI is InChI=1S/C20H23N3O3S/c1-2-22-27(25,26)16-9-8-14-10-12-23(18(14)13-16)20(24)17-7-3-5-15-6-4-11-21-19(15)17/h4,6,8-9,11,13,17,22H,2-3,5,7,10,12H2,1H3. The van der Waals surface area contributed by atoms with Crippen LogP contribution in [0.25, 0.3) is 0 Å². The smallest absolute Gasteiger partial charge is 0.240 e. The molecule has 2 aromatic rings. The van der Waals surface area contributed by atoms with Crippen LogP contribution < -0.4 is 9.62 Å². The average Bonchev–Trinajstić information content (AvgIpc) is 3.10. The van der Waals surface area contributed by atoms with Crippen molar-refractivity contribution in [3.8, 4) is 0 Å². The fourth-order valence-corrected chi connectivity index (χ4v) is 5.13. The number of rotatable bonds is 4. The van der Waals surface area contributed by atoms with Gasteiger partial charge in [-0.3, -0.25) is 9.78 Å². The zero-order valence-corrected chi connectivity index (χ0v) is 16.1. The maximum Gasteiger partial charge on any atom is 0.240 e. The first-order valence-electron chi connectivity index (χ1n) is 9.39. The number of amides is 1. The molecule has 1 N–H and O–H groups in total. The minimum atomic E-state index is -3.55. The summed E-state index contributed by atoms with van der Waals surface area (Å²) >= 11 is 0. The van der Waals surface area contributed by atoms with Crippen molar-refractivity contribution in [1.82, 2.24) is 9.71 Å². The van der Waals surface area contributed by atoms with Crippen LogP contribution in [0.1, 0.15) is 42.5 Å². The third-order valence-electron chi connectivity index (χ3n) is 5.36. The molecular weight excluding hydrogens is 362 g/mol. The van der Waals surface area contributed by atoms with Crippen molar-refractivity contribution < 1.29 is 13.2 Å². The molecule has 1 atom stereocenters. The van der Waals surface area contributed by atoms with Gasteiger partial charge in [0.05, 0.1) is 16.5 Å². The molecule has 7 heteroatoms. The van der Waals surface area contributed by atoms with Crippen LogP contribution >= 0.6 is 0 Å². The number of nitrogens with one attached hydrogen (secondary N) is 1. The van der Waals surface area contributed by atoms with Crippen LogP contribution in [-0.4, -0.2) is 32.4 Å².